The standard InChI is InChI=1S/C16H21N3O/c1-2-13-5-3-4-6-15(13)16(20)18-14-7-10-19(11-8-14)12-9-17/h3-6,14H,2,7-8,10-12H2,1H3,(H,18,20). The zero-order valence-corrected chi connectivity index (χ0v) is 11.9. The smallest absolute Gasteiger partial charge is 0.251 e. The first-order valence-electron chi connectivity index (χ1n) is 7.22. The van der Waals surface area contributed by atoms with Gasteiger partial charge in [-0.15, -0.1) is 0 Å². The van der Waals surface area contributed by atoms with E-state index in [1.54, 1.807) is 0 Å². The second kappa shape index (κ2) is 7.06. The molecule has 0 atom stereocenters. The van der Waals surface area contributed by atoms with Crippen LogP contribution in [-0.2, 0) is 6.42 Å². The third-order valence-electron chi connectivity index (χ3n) is 3.86. The molecular formula is C16H21N3O. The molecule has 1 aromatic carbocycles. The molecule has 0 unspecified atom stereocenters. The minimum Gasteiger partial charge on any atom is -0.349 e. The molecule has 4 nitrogen and oxygen atoms in total. The fraction of sp³-hybridized carbons (Fsp3) is 0.500. The first kappa shape index (κ1) is 14.5. The molecule has 0 radical (unpaired) electrons. The summed E-state index contributed by atoms with van der Waals surface area (Å²) in [5, 5.41) is 11.8. The van der Waals surface area contributed by atoms with Crippen molar-refractivity contribution < 1.29 is 4.79 Å². The van der Waals surface area contributed by atoms with Crippen LogP contribution in [-0.4, -0.2) is 36.5 Å². The first-order chi connectivity index (χ1) is 9.74. The minimum absolute atomic E-state index is 0.0289. The van der Waals surface area contributed by atoms with Gasteiger partial charge in [0.2, 0.25) is 0 Å². The second-order valence-electron chi connectivity index (χ2n) is 5.19. The molecule has 106 valence electrons. The van der Waals surface area contributed by atoms with Gasteiger partial charge in [-0.2, -0.15) is 5.26 Å². The molecule has 0 aromatic heterocycles. The van der Waals surface area contributed by atoms with Gasteiger partial charge < -0.3 is 5.32 Å². The predicted molar refractivity (Wildman–Crippen MR) is 78.4 cm³/mol. The van der Waals surface area contributed by atoms with Gasteiger partial charge in [-0.25, -0.2) is 0 Å². The maximum Gasteiger partial charge on any atom is 0.251 e. The number of aryl methyl sites for hydroxylation is 1. The van der Waals surface area contributed by atoms with Crippen molar-refractivity contribution in [1.82, 2.24) is 10.2 Å². The number of nitrogens with one attached hydrogen (secondary N) is 1. The summed E-state index contributed by atoms with van der Waals surface area (Å²) in [5.74, 6) is 0.0289. The van der Waals surface area contributed by atoms with Gasteiger partial charge in [0.15, 0.2) is 0 Å². The van der Waals surface area contributed by atoms with E-state index >= 15 is 0 Å². The van der Waals surface area contributed by atoms with Crippen molar-refractivity contribution in [2.75, 3.05) is 19.6 Å². The third-order valence-corrected chi connectivity index (χ3v) is 3.86. The fourth-order valence-corrected chi connectivity index (χ4v) is 2.65. The van der Waals surface area contributed by atoms with E-state index in [0.29, 0.717) is 6.54 Å². The highest BCUT2D eigenvalue weighted by Crippen LogP contribution is 2.13. The molecule has 1 amide bonds. The van der Waals surface area contributed by atoms with Crippen LogP contribution in [0.15, 0.2) is 24.3 Å². The number of carbonyl (C=O) groups is 1. The summed E-state index contributed by atoms with van der Waals surface area (Å²) >= 11 is 0. The molecule has 4 heteroatoms. The molecular weight excluding hydrogens is 250 g/mol. The fourth-order valence-electron chi connectivity index (χ4n) is 2.65. The molecule has 0 aliphatic carbocycles. The highest BCUT2D eigenvalue weighted by atomic mass is 16.1. The van der Waals surface area contributed by atoms with Gasteiger partial charge in [0, 0.05) is 24.7 Å². The number of carbonyl (C=O) groups excluding carboxylic acids is 1. The zero-order chi connectivity index (χ0) is 14.4. The summed E-state index contributed by atoms with van der Waals surface area (Å²) in [6, 6.07) is 10.2. The molecule has 0 spiro atoms. The van der Waals surface area contributed by atoms with Gasteiger partial charge in [-0.1, -0.05) is 25.1 Å². The third kappa shape index (κ3) is 3.58. The Morgan fingerprint density at radius 3 is 2.75 bits per heavy atom. The second-order valence-corrected chi connectivity index (χ2v) is 5.19. The van der Waals surface area contributed by atoms with E-state index in [4.69, 9.17) is 5.26 Å². The summed E-state index contributed by atoms with van der Waals surface area (Å²) in [7, 11) is 0. The van der Waals surface area contributed by atoms with E-state index in [0.717, 1.165) is 43.5 Å². The van der Waals surface area contributed by atoms with Crippen molar-refractivity contribution in [3.8, 4) is 6.07 Å². The van der Waals surface area contributed by atoms with E-state index in [9.17, 15) is 4.79 Å². The number of hydrogen-bond donors (Lipinski definition) is 1. The lowest BCUT2D eigenvalue weighted by molar-refractivity contribution is 0.0913. The maximum absolute atomic E-state index is 12.3. The molecule has 1 N–H and O–H groups in total. The molecule has 1 aliphatic heterocycles. The largest absolute Gasteiger partial charge is 0.349 e. The van der Waals surface area contributed by atoms with Gasteiger partial charge in [-0.3, -0.25) is 9.69 Å². The number of rotatable bonds is 4. The van der Waals surface area contributed by atoms with Crippen LogP contribution < -0.4 is 5.32 Å². The normalized spacial score (nSPS) is 16.6. The van der Waals surface area contributed by atoms with Crippen molar-refractivity contribution in [2.45, 2.75) is 32.2 Å². The Labute approximate surface area is 120 Å². The lowest BCUT2D eigenvalue weighted by atomic mass is 10.0. The van der Waals surface area contributed by atoms with E-state index < -0.39 is 0 Å². The number of amides is 1. The Morgan fingerprint density at radius 2 is 2.10 bits per heavy atom. The van der Waals surface area contributed by atoms with Crippen LogP contribution >= 0.6 is 0 Å². The molecule has 2 rings (SSSR count). The zero-order valence-electron chi connectivity index (χ0n) is 11.9. The summed E-state index contributed by atoms with van der Waals surface area (Å²) in [4.78, 5) is 14.5. The monoisotopic (exact) mass is 271 g/mol. The van der Waals surface area contributed by atoms with Gasteiger partial charge in [0.1, 0.15) is 0 Å². The Hall–Kier alpha value is -1.86. The van der Waals surface area contributed by atoms with Crippen LogP contribution in [0.5, 0.6) is 0 Å². The lowest BCUT2D eigenvalue weighted by Gasteiger charge is -2.30. The van der Waals surface area contributed by atoms with Gasteiger partial charge in [0.25, 0.3) is 5.91 Å². The average Bonchev–Trinajstić information content (AvgIpc) is 2.49. The highest BCUT2D eigenvalue weighted by Gasteiger charge is 2.21. The van der Waals surface area contributed by atoms with E-state index in [1.165, 1.54) is 0 Å². The Kier molecular flexibility index (Phi) is 5.14. The number of likely N-dealkylation sites (tertiary alicyclic amines) is 1. The molecule has 0 saturated carbocycles. The molecule has 1 aliphatic rings. The molecule has 1 aromatic rings. The van der Waals surface area contributed by atoms with Crippen LogP contribution in [0, 0.1) is 11.3 Å². The number of nitriles is 1. The van der Waals surface area contributed by atoms with Gasteiger partial charge >= 0.3 is 0 Å². The molecule has 0 bridgehead atoms. The molecule has 1 fully saturated rings. The number of piperidine rings is 1. The number of hydrogen-bond acceptors (Lipinski definition) is 3. The summed E-state index contributed by atoms with van der Waals surface area (Å²) < 4.78 is 0. The number of benzene rings is 1. The maximum atomic E-state index is 12.3. The molecule has 1 heterocycles. The Bertz CT molecular complexity index is 499. The first-order valence-corrected chi connectivity index (χ1v) is 7.22. The summed E-state index contributed by atoms with van der Waals surface area (Å²) in [6.45, 7) is 4.31. The molecule has 20 heavy (non-hydrogen) atoms. The summed E-state index contributed by atoms with van der Waals surface area (Å²) in [6.07, 6.45) is 2.70. The molecule has 1 saturated heterocycles. The minimum atomic E-state index is 0.0289. The van der Waals surface area contributed by atoms with Crippen molar-refractivity contribution in [2.24, 2.45) is 0 Å². The Balaban J connectivity index is 1.91. The topological polar surface area (TPSA) is 56.1 Å². The van der Waals surface area contributed by atoms with Crippen LogP contribution in [0.4, 0.5) is 0 Å². The van der Waals surface area contributed by atoms with Crippen molar-refractivity contribution in [3.05, 3.63) is 35.4 Å². The number of nitrogens with zero attached hydrogens (tertiary/aromatic N) is 2. The van der Waals surface area contributed by atoms with E-state index in [-0.39, 0.29) is 11.9 Å². The predicted octanol–water partition coefficient (Wildman–Crippen LogP) is 1.97. The summed E-state index contributed by atoms with van der Waals surface area (Å²) in [5.41, 5.74) is 1.88. The van der Waals surface area contributed by atoms with Gasteiger partial charge in [0.05, 0.1) is 12.6 Å². The van der Waals surface area contributed by atoms with Crippen LogP contribution in [0.3, 0.4) is 0 Å². The van der Waals surface area contributed by atoms with Gasteiger partial charge in [-0.05, 0) is 30.9 Å². The quantitative estimate of drug-likeness (QED) is 0.852. The van der Waals surface area contributed by atoms with Crippen LogP contribution in [0.1, 0.15) is 35.7 Å². The average molecular weight is 271 g/mol. The van der Waals surface area contributed by atoms with E-state index in [2.05, 4.69) is 23.2 Å². The van der Waals surface area contributed by atoms with E-state index in [1.807, 2.05) is 24.3 Å². The highest BCUT2D eigenvalue weighted by molar-refractivity contribution is 5.95. The van der Waals surface area contributed by atoms with Crippen LogP contribution in [0.25, 0.3) is 0 Å². The van der Waals surface area contributed by atoms with Crippen LogP contribution in [0.2, 0.25) is 0 Å². The lowest BCUT2D eigenvalue weighted by Crippen LogP contribution is -2.44. The SMILES string of the molecule is CCc1ccccc1C(=O)NC1CCN(CC#N)CC1. The Morgan fingerprint density at radius 1 is 1.40 bits per heavy atom. The van der Waals surface area contributed by atoms with Crippen molar-refractivity contribution in [1.29, 1.82) is 5.26 Å². The van der Waals surface area contributed by atoms with Crippen molar-refractivity contribution >= 4 is 5.91 Å². The van der Waals surface area contributed by atoms with Crippen molar-refractivity contribution in [3.63, 3.8) is 0 Å².